The first kappa shape index (κ1) is 13.9. The highest BCUT2D eigenvalue weighted by atomic mass is 32.1. The first-order chi connectivity index (χ1) is 9.17. The summed E-state index contributed by atoms with van der Waals surface area (Å²) in [5.74, 6) is 0.688. The summed E-state index contributed by atoms with van der Waals surface area (Å²) in [5, 5.41) is 13.2. The predicted octanol–water partition coefficient (Wildman–Crippen LogP) is 3.40. The fourth-order valence-electron chi connectivity index (χ4n) is 2.50. The third kappa shape index (κ3) is 2.90. The second-order valence-electron chi connectivity index (χ2n) is 4.97. The molecule has 0 spiro atoms. The maximum absolute atomic E-state index is 11.8. The van der Waals surface area contributed by atoms with Crippen molar-refractivity contribution >= 4 is 27.8 Å². The summed E-state index contributed by atoms with van der Waals surface area (Å²) in [6.07, 6.45) is 5.50. The summed E-state index contributed by atoms with van der Waals surface area (Å²) in [4.78, 5) is 12.3. The summed E-state index contributed by atoms with van der Waals surface area (Å²) < 4.78 is 0. The lowest BCUT2D eigenvalue weighted by atomic mass is 10.1. The minimum atomic E-state index is 0.00733. The highest BCUT2D eigenvalue weighted by molar-refractivity contribution is 7.19. The minimum Gasteiger partial charge on any atom is -0.396 e. The van der Waals surface area contributed by atoms with Gasteiger partial charge < -0.3 is 11.1 Å². The van der Waals surface area contributed by atoms with Crippen molar-refractivity contribution in [2.45, 2.75) is 39.0 Å². The van der Waals surface area contributed by atoms with Crippen molar-refractivity contribution in [2.75, 3.05) is 17.6 Å². The van der Waals surface area contributed by atoms with Crippen molar-refractivity contribution in [3.63, 3.8) is 0 Å². The van der Waals surface area contributed by atoms with Crippen LogP contribution < -0.4 is 11.1 Å². The Labute approximate surface area is 117 Å². The minimum absolute atomic E-state index is 0.00733. The molecule has 1 aromatic rings. The van der Waals surface area contributed by atoms with Gasteiger partial charge in [-0.1, -0.05) is 19.8 Å². The molecule has 0 aromatic carbocycles. The first-order valence-corrected chi connectivity index (χ1v) is 7.58. The molecule has 102 valence electrons. The molecule has 3 N–H and O–H groups in total. The summed E-state index contributed by atoms with van der Waals surface area (Å²) in [6, 6.07) is 2.11. The molecule has 4 nitrogen and oxygen atoms in total. The number of nitrogens with one attached hydrogen (secondary N) is 1. The predicted molar refractivity (Wildman–Crippen MR) is 78.5 cm³/mol. The summed E-state index contributed by atoms with van der Waals surface area (Å²) >= 11 is 1.32. The Bertz CT molecular complexity index is 509. The molecule has 0 aliphatic heterocycles. The largest absolute Gasteiger partial charge is 0.396 e. The number of hydrogen-bond acceptors (Lipinski definition) is 5. The van der Waals surface area contributed by atoms with Gasteiger partial charge in [-0.05, 0) is 18.8 Å². The van der Waals surface area contributed by atoms with E-state index in [1.54, 1.807) is 6.92 Å². The van der Waals surface area contributed by atoms with E-state index in [4.69, 9.17) is 5.73 Å². The van der Waals surface area contributed by atoms with Gasteiger partial charge in [0.2, 0.25) is 0 Å². The summed E-state index contributed by atoms with van der Waals surface area (Å²) in [7, 11) is 0. The average molecular weight is 277 g/mol. The van der Waals surface area contributed by atoms with Gasteiger partial charge in [0.25, 0.3) is 0 Å². The number of carbonyl (C=O) groups excluding carboxylic acids is 1. The van der Waals surface area contributed by atoms with E-state index in [1.165, 1.54) is 37.0 Å². The Morgan fingerprint density at radius 2 is 2.21 bits per heavy atom. The maximum atomic E-state index is 11.8. The second-order valence-corrected chi connectivity index (χ2v) is 5.99. The van der Waals surface area contributed by atoms with Gasteiger partial charge in [-0.25, -0.2) is 0 Å². The molecule has 2 rings (SSSR count). The van der Waals surface area contributed by atoms with Crippen LogP contribution >= 0.6 is 11.3 Å². The highest BCUT2D eigenvalue weighted by Gasteiger charge is 2.21. The lowest BCUT2D eigenvalue weighted by Gasteiger charge is -2.10. The lowest BCUT2D eigenvalue weighted by Crippen LogP contribution is -2.10. The Morgan fingerprint density at radius 3 is 2.79 bits per heavy atom. The molecule has 1 heterocycles. The number of nitrogens with zero attached hydrogens (tertiary/aromatic N) is 1. The third-order valence-electron chi connectivity index (χ3n) is 3.66. The van der Waals surface area contributed by atoms with Crippen molar-refractivity contribution in [1.82, 2.24) is 0 Å². The molecular formula is C14H19N3OS. The number of nitriles is 1. The van der Waals surface area contributed by atoms with Crippen LogP contribution in [-0.4, -0.2) is 12.3 Å². The van der Waals surface area contributed by atoms with E-state index in [9.17, 15) is 10.1 Å². The number of nitrogen functional groups attached to an aromatic ring is 1. The third-order valence-corrected chi connectivity index (χ3v) is 4.86. The van der Waals surface area contributed by atoms with Crippen molar-refractivity contribution in [3.05, 3.63) is 10.4 Å². The lowest BCUT2D eigenvalue weighted by molar-refractivity contribution is 0.0993. The SMILES string of the molecule is CCC(=O)c1sc(NCC2CCCC2)c(C#N)c1N. The smallest absolute Gasteiger partial charge is 0.174 e. The van der Waals surface area contributed by atoms with Crippen LogP contribution in [0.1, 0.15) is 54.3 Å². The van der Waals surface area contributed by atoms with E-state index < -0.39 is 0 Å². The van der Waals surface area contributed by atoms with Gasteiger partial charge in [0.1, 0.15) is 16.6 Å². The van der Waals surface area contributed by atoms with Gasteiger partial charge in [-0.2, -0.15) is 5.26 Å². The first-order valence-electron chi connectivity index (χ1n) is 6.76. The van der Waals surface area contributed by atoms with Crippen LogP contribution in [0.15, 0.2) is 0 Å². The number of carbonyl (C=O) groups is 1. The zero-order valence-corrected chi connectivity index (χ0v) is 12.0. The van der Waals surface area contributed by atoms with Crippen LogP contribution in [0.2, 0.25) is 0 Å². The molecule has 0 bridgehead atoms. The number of thiophene rings is 1. The van der Waals surface area contributed by atoms with E-state index in [-0.39, 0.29) is 5.78 Å². The molecule has 1 aliphatic carbocycles. The molecule has 19 heavy (non-hydrogen) atoms. The standard InChI is InChI=1S/C14H19N3OS/c1-2-11(18)13-12(16)10(7-15)14(19-13)17-8-9-5-3-4-6-9/h9,17H,2-6,8,16H2,1H3. The molecule has 0 unspecified atom stereocenters. The summed E-state index contributed by atoms with van der Waals surface area (Å²) in [5.41, 5.74) is 6.67. The molecule has 0 atom stereocenters. The van der Waals surface area contributed by atoms with Crippen molar-refractivity contribution < 1.29 is 4.79 Å². The van der Waals surface area contributed by atoms with Crippen LogP contribution in [0.3, 0.4) is 0 Å². The van der Waals surface area contributed by atoms with E-state index >= 15 is 0 Å². The van der Waals surface area contributed by atoms with Crippen molar-refractivity contribution in [1.29, 1.82) is 5.26 Å². The van der Waals surface area contributed by atoms with E-state index in [1.807, 2.05) is 0 Å². The Kier molecular flexibility index (Phi) is 4.43. The topological polar surface area (TPSA) is 78.9 Å². The fraction of sp³-hybridized carbons (Fsp3) is 0.571. The van der Waals surface area contributed by atoms with E-state index in [0.29, 0.717) is 28.5 Å². The number of ketones is 1. The van der Waals surface area contributed by atoms with Crippen LogP contribution in [0.5, 0.6) is 0 Å². The van der Waals surface area contributed by atoms with Gasteiger partial charge in [0.15, 0.2) is 5.78 Å². The number of hydrogen-bond donors (Lipinski definition) is 2. The number of rotatable bonds is 5. The van der Waals surface area contributed by atoms with Gasteiger partial charge in [-0.3, -0.25) is 4.79 Å². The second kappa shape index (κ2) is 6.07. The van der Waals surface area contributed by atoms with Gasteiger partial charge >= 0.3 is 0 Å². The summed E-state index contributed by atoms with van der Waals surface area (Å²) in [6.45, 7) is 2.67. The number of nitrogens with two attached hydrogens (primary N) is 1. The number of anilines is 2. The molecular weight excluding hydrogens is 258 g/mol. The normalized spacial score (nSPS) is 15.4. The molecule has 0 saturated heterocycles. The Balaban J connectivity index is 2.15. The van der Waals surface area contributed by atoms with E-state index in [0.717, 1.165) is 11.5 Å². The molecule has 1 aliphatic rings. The van der Waals surface area contributed by atoms with Gasteiger partial charge in [-0.15, -0.1) is 11.3 Å². The molecule has 1 fully saturated rings. The monoisotopic (exact) mass is 277 g/mol. The molecule has 0 amide bonds. The zero-order chi connectivity index (χ0) is 13.8. The zero-order valence-electron chi connectivity index (χ0n) is 11.2. The van der Waals surface area contributed by atoms with Crippen LogP contribution in [0.25, 0.3) is 0 Å². The maximum Gasteiger partial charge on any atom is 0.174 e. The van der Waals surface area contributed by atoms with Crippen molar-refractivity contribution in [3.8, 4) is 6.07 Å². The molecule has 1 saturated carbocycles. The van der Waals surface area contributed by atoms with E-state index in [2.05, 4.69) is 11.4 Å². The number of Topliss-reactive ketones (excluding diaryl/α,β-unsaturated/α-hetero) is 1. The fourth-order valence-corrected chi connectivity index (χ4v) is 3.59. The average Bonchev–Trinajstić information content (AvgIpc) is 3.03. The quantitative estimate of drug-likeness (QED) is 0.808. The van der Waals surface area contributed by atoms with Crippen molar-refractivity contribution in [2.24, 2.45) is 5.92 Å². The van der Waals surface area contributed by atoms with Crippen LogP contribution in [0, 0.1) is 17.2 Å². The molecule has 1 aromatic heterocycles. The van der Waals surface area contributed by atoms with Crippen LogP contribution in [0.4, 0.5) is 10.7 Å². The molecule has 5 heteroatoms. The van der Waals surface area contributed by atoms with Gasteiger partial charge in [0, 0.05) is 13.0 Å². The highest BCUT2D eigenvalue weighted by Crippen LogP contribution is 2.36. The Hall–Kier alpha value is -1.54. The van der Waals surface area contributed by atoms with Gasteiger partial charge in [0.05, 0.1) is 10.6 Å². The molecule has 0 radical (unpaired) electrons. The van der Waals surface area contributed by atoms with Crippen LogP contribution in [-0.2, 0) is 0 Å². The Morgan fingerprint density at radius 1 is 1.53 bits per heavy atom.